The van der Waals surface area contributed by atoms with Crippen LogP contribution in [-0.4, -0.2) is 72.6 Å². The lowest BCUT2D eigenvalue weighted by Gasteiger charge is -2.40. The summed E-state index contributed by atoms with van der Waals surface area (Å²) in [5, 5.41) is 14.2. The Morgan fingerprint density at radius 3 is 2.52 bits per heavy atom. The van der Waals surface area contributed by atoms with Gasteiger partial charge in [-0.15, -0.1) is 0 Å². The standard InChI is InChI=1S/C23H27F3N4O3/c1-14-3-6-19(18(25)11-14)28-22-16(4-5-17(24)21(22)26)23(33)30-12-15(13-30)27-20(32)7-8-29(2)9-10-31/h3-6,11,15,28,31H,7-10,12-13H2,1-2H3,(H,27,32). The molecule has 0 aliphatic carbocycles. The van der Waals surface area contributed by atoms with Crippen molar-refractivity contribution in [3.63, 3.8) is 0 Å². The summed E-state index contributed by atoms with van der Waals surface area (Å²) in [7, 11) is 1.79. The molecule has 0 aromatic heterocycles. The first-order chi connectivity index (χ1) is 15.7. The molecule has 1 aliphatic heterocycles. The highest BCUT2D eigenvalue weighted by Gasteiger charge is 2.34. The molecule has 2 aromatic carbocycles. The summed E-state index contributed by atoms with van der Waals surface area (Å²) in [6.07, 6.45) is 0.250. The van der Waals surface area contributed by atoms with Gasteiger partial charge in [0.05, 0.1) is 29.6 Å². The van der Waals surface area contributed by atoms with Crippen LogP contribution >= 0.6 is 0 Å². The van der Waals surface area contributed by atoms with E-state index in [1.165, 1.54) is 17.0 Å². The minimum absolute atomic E-state index is 0.00912. The zero-order valence-electron chi connectivity index (χ0n) is 18.5. The van der Waals surface area contributed by atoms with Gasteiger partial charge in [0.15, 0.2) is 11.6 Å². The van der Waals surface area contributed by atoms with E-state index in [4.69, 9.17) is 5.11 Å². The van der Waals surface area contributed by atoms with E-state index in [1.807, 2.05) is 4.90 Å². The molecular weight excluding hydrogens is 437 g/mol. The number of carbonyl (C=O) groups is 2. The molecule has 2 aromatic rings. The second kappa shape index (κ2) is 10.7. The number of rotatable bonds is 9. The number of amides is 2. The highest BCUT2D eigenvalue weighted by molar-refractivity contribution is 6.01. The number of aliphatic hydroxyl groups excluding tert-OH is 1. The van der Waals surface area contributed by atoms with E-state index in [9.17, 15) is 22.8 Å². The molecule has 10 heteroatoms. The number of hydrogen-bond donors (Lipinski definition) is 3. The largest absolute Gasteiger partial charge is 0.395 e. The van der Waals surface area contributed by atoms with E-state index >= 15 is 0 Å². The monoisotopic (exact) mass is 464 g/mol. The van der Waals surface area contributed by atoms with Crippen LogP contribution in [0, 0.1) is 24.4 Å². The van der Waals surface area contributed by atoms with Crippen LogP contribution in [-0.2, 0) is 4.79 Å². The zero-order valence-corrected chi connectivity index (χ0v) is 18.5. The maximum absolute atomic E-state index is 14.6. The molecule has 0 atom stereocenters. The first-order valence-electron chi connectivity index (χ1n) is 10.6. The molecule has 0 spiro atoms. The van der Waals surface area contributed by atoms with Crippen molar-refractivity contribution in [3.8, 4) is 0 Å². The van der Waals surface area contributed by atoms with Crippen LogP contribution in [0.15, 0.2) is 30.3 Å². The Morgan fingerprint density at radius 1 is 1.12 bits per heavy atom. The van der Waals surface area contributed by atoms with Gasteiger partial charge >= 0.3 is 0 Å². The number of aryl methyl sites for hydroxylation is 1. The Kier molecular flexibility index (Phi) is 7.93. The van der Waals surface area contributed by atoms with Gasteiger partial charge in [-0.3, -0.25) is 9.59 Å². The zero-order chi connectivity index (χ0) is 24.1. The van der Waals surface area contributed by atoms with Gasteiger partial charge in [-0.05, 0) is 43.8 Å². The Labute approximate surface area is 190 Å². The minimum Gasteiger partial charge on any atom is -0.395 e. The molecule has 178 valence electrons. The number of carbonyl (C=O) groups excluding carboxylic acids is 2. The summed E-state index contributed by atoms with van der Waals surface area (Å²) in [4.78, 5) is 28.2. The molecule has 1 saturated heterocycles. The number of aliphatic hydroxyl groups is 1. The first-order valence-corrected chi connectivity index (χ1v) is 10.6. The smallest absolute Gasteiger partial charge is 0.256 e. The molecule has 0 bridgehead atoms. The fourth-order valence-electron chi connectivity index (χ4n) is 3.49. The number of hydrogen-bond acceptors (Lipinski definition) is 5. The van der Waals surface area contributed by atoms with Crippen LogP contribution in [0.4, 0.5) is 24.5 Å². The Hall–Kier alpha value is -3.11. The quantitative estimate of drug-likeness (QED) is 0.531. The van der Waals surface area contributed by atoms with Gasteiger partial charge in [0.25, 0.3) is 5.91 Å². The van der Waals surface area contributed by atoms with E-state index in [0.29, 0.717) is 18.7 Å². The summed E-state index contributed by atoms with van der Waals surface area (Å²) < 4.78 is 42.7. The van der Waals surface area contributed by atoms with Crippen LogP contribution < -0.4 is 10.6 Å². The summed E-state index contributed by atoms with van der Waals surface area (Å²) in [6.45, 7) is 3.09. The lowest BCUT2D eigenvalue weighted by molar-refractivity contribution is -0.123. The van der Waals surface area contributed by atoms with Crippen molar-refractivity contribution >= 4 is 23.2 Å². The van der Waals surface area contributed by atoms with Gasteiger partial charge in [0.2, 0.25) is 5.91 Å². The van der Waals surface area contributed by atoms with Crippen LogP contribution in [0.25, 0.3) is 0 Å². The molecule has 3 rings (SSSR count). The van der Waals surface area contributed by atoms with Crippen molar-refractivity contribution in [3.05, 3.63) is 58.9 Å². The van der Waals surface area contributed by atoms with Crippen molar-refractivity contribution < 1.29 is 27.9 Å². The lowest BCUT2D eigenvalue weighted by atomic mass is 10.0. The van der Waals surface area contributed by atoms with Crippen LogP contribution in [0.2, 0.25) is 0 Å². The van der Waals surface area contributed by atoms with Crippen molar-refractivity contribution in [2.75, 3.05) is 45.2 Å². The number of anilines is 2. The predicted molar refractivity (Wildman–Crippen MR) is 118 cm³/mol. The maximum atomic E-state index is 14.6. The van der Waals surface area contributed by atoms with Gasteiger partial charge in [0.1, 0.15) is 5.82 Å². The fourth-order valence-corrected chi connectivity index (χ4v) is 3.49. The highest BCUT2D eigenvalue weighted by Crippen LogP contribution is 2.30. The van der Waals surface area contributed by atoms with E-state index in [-0.39, 0.29) is 49.3 Å². The predicted octanol–water partition coefficient (Wildman–Crippen LogP) is 2.41. The molecule has 0 unspecified atom stereocenters. The Morgan fingerprint density at radius 2 is 1.85 bits per heavy atom. The average Bonchev–Trinajstić information content (AvgIpc) is 2.74. The lowest BCUT2D eigenvalue weighted by Crippen LogP contribution is -2.61. The summed E-state index contributed by atoms with van der Waals surface area (Å²) in [5.74, 6) is -3.84. The summed E-state index contributed by atoms with van der Waals surface area (Å²) in [5.41, 5.74) is -0.00622. The summed E-state index contributed by atoms with van der Waals surface area (Å²) in [6, 6.07) is 5.98. The van der Waals surface area contributed by atoms with Crippen LogP contribution in [0.5, 0.6) is 0 Å². The molecular formula is C23H27F3N4O3. The SMILES string of the molecule is Cc1ccc(Nc2c(C(=O)N3CC(NC(=O)CCN(C)CCO)C3)ccc(F)c2F)c(F)c1. The molecule has 33 heavy (non-hydrogen) atoms. The average molecular weight is 464 g/mol. The molecule has 3 N–H and O–H groups in total. The van der Waals surface area contributed by atoms with Crippen molar-refractivity contribution in [1.82, 2.24) is 15.1 Å². The van der Waals surface area contributed by atoms with E-state index < -0.39 is 29.0 Å². The van der Waals surface area contributed by atoms with Crippen molar-refractivity contribution in [2.45, 2.75) is 19.4 Å². The topological polar surface area (TPSA) is 84.9 Å². The molecule has 2 amide bonds. The van der Waals surface area contributed by atoms with Crippen LogP contribution in [0.3, 0.4) is 0 Å². The molecule has 7 nitrogen and oxygen atoms in total. The van der Waals surface area contributed by atoms with Crippen molar-refractivity contribution in [1.29, 1.82) is 0 Å². The normalized spacial score (nSPS) is 13.7. The summed E-state index contributed by atoms with van der Waals surface area (Å²) >= 11 is 0. The number of benzene rings is 2. The Balaban J connectivity index is 1.64. The molecule has 1 aliphatic rings. The first kappa shape index (κ1) is 24.5. The molecule has 0 radical (unpaired) electrons. The molecule has 1 heterocycles. The highest BCUT2D eigenvalue weighted by atomic mass is 19.2. The van der Waals surface area contributed by atoms with E-state index in [2.05, 4.69) is 10.6 Å². The Bertz CT molecular complexity index is 1030. The number of likely N-dealkylation sites (tertiary alicyclic amines) is 1. The molecule has 0 saturated carbocycles. The van der Waals surface area contributed by atoms with Crippen LogP contribution in [0.1, 0.15) is 22.3 Å². The second-order valence-corrected chi connectivity index (χ2v) is 8.14. The number of likely N-dealkylation sites (N-methyl/N-ethyl adjacent to an activating group) is 1. The third-order valence-electron chi connectivity index (χ3n) is 5.45. The van der Waals surface area contributed by atoms with Gasteiger partial charge in [-0.1, -0.05) is 6.07 Å². The number of halogens is 3. The number of nitrogens with zero attached hydrogens (tertiary/aromatic N) is 2. The third-order valence-corrected chi connectivity index (χ3v) is 5.45. The third kappa shape index (κ3) is 6.02. The van der Waals surface area contributed by atoms with Crippen molar-refractivity contribution in [2.24, 2.45) is 0 Å². The minimum atomic E-state index is -1.28. The fraction of sp³-hybridized carbons (Fsp3) is 0.391. The maximum Gasteiger partial charge on any atom is 0.256 e. The molecule has 1 fully saturated rings. The van der Waals surface area contributed by atoms with E-state index in [0.717, 1.165) is 12.1 Å². The van der Waals surface area contributed by atoms with E-state index in [1.54, 1.807) is 20.0 Å². The number of nitrogens with one attached hydrogen (secondary N) is 2. The second-order valence-electron chi connectivity index (χ2n) is 8.14. The van der Waals surface area contributed by atoms with Gasteiger partial charge in [-0.2, -0.15) is 0 Å². The van der Waals surface area contributed by atoms with Gasteiger partial charge < -0.3 is 25.5 Å². The van der Waals surface area contributed by atoms with Gasteiger partial charge in [0, 0.05) is 32.6 Å². The van der Waals surface area contributed by atoms with Gasteiger partial charge in [-0.25, -0.2) is 13.2 Å².